The van der Waals surface area contributed by atoms with Crippen molar-refractivity contribution in [3.63, 3.8) is 0 Å². The zero-order valence-electron chi connectivity index (χ0n) is 15.8. The smallest absolute Gasteiger partial charge is 0.319 e. The van der Waals surface area contributed by atoms with E-state index < -0.39 is 0 Å². The summed E-state index contributed by atoms with van der Waals surface area (Å²) in [6.07, 6.45) is 0. The van der Waals surface area contributed by atoms with Crippen LogP contribution in [0.5, 0.6) is 28.7 Å². The summed E-state index contributed by atoms with van der Waals surface area (Å²) in [4.78, 5) is 12.1. The van der Waals surface area contributed by atoms with Gasteiger partial charge in [0.2, 0.25) is 5.75 Å². The Hall–Kier alpha value is -3.29. The SMILES string of the molecule is COc1ccccc1OCCNC(=O)Nc1cc(OC)c(OC)c(OC)c1. The average Bonchev–Trinajstić information content (AvgIpc) is 2.70. The molecule has 2 aromatic carbocycles. The Labute approximate surface area is 158 Å². The molecule has 0 atom stereocenters. The van der Waals surface area contributed by atoms with E-state index in [1.165, 1.54) is 21.3 Å². The molecule has 8 nitrogen and oxygen atoms in total. The van der Waals surface area contributed by atoms with E-state index in [2.05, 4.69) is 10.6 Å². The zero-order chi connectivity index (χ0) is 19.6. The van der Waals surface area contributed by atoms with Crippen LogP contribution >= 0.6 is 0 Å². The summed E-state index contributed by atoms with van der Waals surface area (Å²) in [6, 6.07) is 10.2. The van der Waals surface area contributed by atoms with Crippen molar-refractivity contribution in [3.05, 3.63) is 36.4 Å². The average molecular weight is 376 g/mol. The first-order chi connectivity index (χ1) is 13.1. The maximum absolute atomic E-state index is 12.1. The van der Waals surface area contributed by atoms with Gasteiger partial charge in [0.1, 0.15) is 6.61 Å². The largest absolute Gasteiger partial charge is 0.493 e. The summed E-state index contributed by atoms with van der Waals surface area (Å²) in [5, 5.41) is 5.43. The predicted molar refractivity (Wildman–Crippen MR) is 102 cm³/mol. The number of ether oxygens (including phenoxy) is 5. The van der Waals surface area contributed by atoms with Gasteiger partial charge < -0.3 is 34.3 Å². The summed E-state index contributed by atoms with van der Waals surface area (Å²) >= 11 is 0. The van der Waals surface area contributed by atoms with Crippen LogP contribution in [0.4, 0.5) is 10.5 Å². The molecule has 2 amide bonds. The molecule has 0 aliphatic rings. The molecule has 0 aromatic heterocycles. The molecule has 2 rings (SSSR count). The minimum atomic E-state index is -0.382. The van der Waals surface area contributed by atoms with Gasteiger partial charge in [-0.1, -0.05) is 12.1 Å². The number of para-hydroxylation sites is 2. The lowest BCUT2D eigenvalue weighted by molar-refractivity contribution is 0.246. The van der Waals surface area contributed by atoms with E-state index in [1.807, 2.05) is 12.1 Å². The fourth-order valence-electron chi connectivity index (χ4n) is 2.39. The fraction of sp³-hybridized carbons (Fsp3) is 0.316. The second kappa shape index (κ2) is 10.0. The lowest BCUT2D eigenvalue weighted by Gasteiger charge is -2.15. The van der Waals surface area contributed by atoms with Gasteiger partial charge in [-0.3, -0.25) is 0 Å². The molecule has 146 valence electrons. The number of nitrogens with one attached hydrogen (secondary N) is 2. The van der Waals surface area contributed by atoms with Crippen molar-refractivity contribution in [2.24, 2.45) is 0 Å². The molecule has 0 heterocycles. The highest BCUT2D eigenvalue weighted by Gasteiger charge is 2.14. The monoisotopic (exact) mass is 376 g/mol. The Morgan fingerprint density at radius 1 is 0.852 bits per heavy atom. The second-order valence-electron chi connectivity index (χ2n) is 5.29. The van der Waals surface area contributed by atoms with E-state index in [4.69, 9.17) is 23.7 Å². The number of urea groups is 1. The summed E-state index contributed by atoms with van der Waals surface area (Å²) in [5.74, 6) is 2.61. The third kappa shape index (κ3) is 5.34. The van der Waals surface area contributed by atoms with Gasteiger partial charge in [-0.15, -0.1) is 0 Å². The maximum Gasteiger partial charge on any atom is 0.319 e. The second-order valence-corrected chi connectivity index (χ2v) is 5.29. The molecule has 2 aromatic rings. The predicted octanol–water partition coefficient (Wildman–Crippen LogP) is 2.92. The van der Waals surface area contributed by atoms with E-state index >= 15 is 0 Å². The van der Waals surface area contributed by atoms with Crippen LogP contribution in [0.2, 0.25) is 0 Å². The van der Waals surface area contributed by atoms with E-state index in [9.17, 15) is 4.79 Å². The first kappa shape index (κ1) is 20.0. The quantitative estimate of drug-likeness (QED) is 0.655. The number of anilines is 1. The van der Waals surface area contributed by atoms with Gasteiger partial charge in [-0.05, 0) is 12.1 Å². The molecule has 0 aliphatic carbocycles. The highest BCUT2D eigenvalue weighted by molar-refractivity contribution is 5.90. The molecule has 0 fully saturated rings. The molecule has 0 bridgehead atoms. The van der Waals surface area contributed by atoms with Crippen LogP contribution in [-0.2, 0) is 0 Å². The van der Waals surface area contributed by atoms with E-state index in [-0.39, 0.29) is 6.03 Å². The third-order valence-electron chi connectivity index (χ3n) is 3.64. The first-order valence-corrected chi connectivity index (χ1v) is 8.23. The number of benzene rings is 2. The summed E-state index contributed by atoms with van der Waals surface area (Å²) in [5.41, 5.74) is 0.507. The molecule has 0 aliphatic heterocycles. The van der Waals surface area contributed by atoms with Crippen LogP contribution in [0.1, 0.15) is 0 Å². The Bertz CT molecular complexity index is 741. The van der Waals surface area contributed by atoms with Crippen molar-refractivity contribution in [1.82, 2.24) is 5.32 Å². The fourth-order valence-corrected chi connectivity index (χ4v) is 2.39. The van der Waals surface area contributed by atoms with Crippen LogP contribution in [0.3, 0.4) is 0 Å². The van der Waals surface area contributed by atoms with Crippen molar-refractivity contribution in [2.45, 2.75) is 0 Å². The van der Waals surface area contributed by atoms with Crippen molar-refractivity contribution >= 4 is 11.7 Å². The number of carbonyl (C=O) groups is 1. The van der Waals surface area contributed by atoms with Crippen molar-refractivity contribution < 1.29 is 28.5 Å². The third-order valence-corrected chi connectivity index (χ3v) is 3.64. The van der Waals surface area contributed by atoms with Crippen LogP contribution < -0.4 is 34.3 Å². The minimum absolute atomic E-state index is 0.295. The Kier molecular flexibility index (Phi) is 7.42. The summed E-state index contributed by atoms with van der Waals surface area (Å²) < 4.78 is 26.6. The Balaban J connectivity index is 1.88. The molecule has 8 heteroatoms. The number of hydrogen-bond acceptors (Lipinski definition) is 6. The maximum atomic E-state index is 12.1. The normalized spacial score (nSPS) is 9.93. The Morgan fingerprint density at radius 3 is 2.00 bits per heavy atom. The molecular formula is C19H24N2O6. The molecule has 0 spiro atoms. The number of amides is 2. The number of rotatable bonds is 9. The lowest BCUT2D eigenvalue weighted by Crippen LogP contribution is -2.32. The van der Waals surface area contributed by atoms with Gasteiger partial charge >= 0.3 is 6.03 Å². The van der Waals surface area contributed by atoms with Crippen LogP contribution in [0.15, 0.2) is 36.4 Å². The first-order valence-electron chi connectivity index (χ1n) is 8.23. The van der Waals surface area contributed by atoms with Crippen molar-refractivity contribution in [1.29, 1.82) is 0 Å². The van der Waals surface area contributed by atoms with Crippen LogP contribution in [-0.4, -0.2) is 47.6 Å². The van der Waals surface area contributed by atoms with Gasteiger partial charge in [0.15, 0.2) is 23.0 Å². The van der Waals surface area contributed by atoms with Crippen molar-refractivity contribution in [2.75, 3.05) is 46.9 Å². The number of methoxy groups -OCH3 is 4. The van der Waals surface area contributed by atoms with E-state index in [0.717, 1.165) is 0 Å². The summed E-state index contributed by atoms with van der Waals surface area (Å²) in [7, 11) is 6.11. The number of hydrogen-bond donors (Lipinski definition) is 2. The molecule has 0 unspecified atom stereocenters. The van der Waals surface area contributed by atoms with E-state index in [0.29, 0.717) is 47.6 Å². The van der Waals surface area contributed by atoms with Gasteiger partial charge in [-0.25, -0.2) is 4.79 Å². The molecule has 2 N–H and O–H groups in total. The zero-order valence-corrected chi connectivity index (χ0v) is 15.8. The highest BCUT2D eigenvalue weighted by Crippen LogP contribution is 2.39. The van der Waals surface area contributed by atoms with Gasteiger partial charge in [0.25, 0.3) is 0 Å². The highest BCUT2D eigenvalue weighted by atomic mass is 16.5. The van der Waals surface area contributed by atoms with Gasteiger partial charge in [0.05, 0.1) is 40.7 Å². The lowest BCUT2D eigenvalue weighted by atomic mass is 10.2. The number of carbonyl (C=O) groups excluding carboxylic acids is 1. The van der Waals surface area contributed by atoms with Gasteiger partial charge in [0, 0.05) is 12.1 Å². The molecule has 0 saturated carbocycles. The van der Waals surface area contributed by atoms with E-state index in [1.54, 1.807) is 31.4 Å². The van der Waals surface area contributed by atoms with Gasteiger partial charge in [-0.2, -0.15) is 0 Å². The standard InChI is InChI=1S/C19H24N2O6/c1-23-14-7-5-6-8-15(14)27-10-9-20-19(22)21-13-11-16(24-2)18(26-4)17(12-13)25-3/h5-8,11-12H,9-10H2,1-4H3,(H2,20,21,22). The minimum Gasteiger partial charge on any atom is -0.493 e. The molecule has 0 saturated heterocycles. The molecule has 0 radical (unpaired) electrons. The van der Waals surface area contributed by atoms with Crippen LogP contribution in [0, 0.1) is 0 Å². The summed E-state index contributed by atoms with van der Waals surface area (Å²) in [6.45, 7) is 0.608. The van der Waals surface area contributed by atoms with Crippen LogP contribution in [0.25, 0.3) is 0 Å². The topological polar surface area (TPSA) is 87.3 Å². The molecular weight excluding hydrogens is 352 g/mol. The molecule has 27 heavy (non-hydrogen) atoms. The van der Waals surface area contributed by atoms with Crippen molar-refractivity contribution in [3.8, 4) is 28.7 Å². The Morgan fingerprint density at radius 2 is 1.44 bits per heavy atom.